The molecule has 0 fully saturated rings. The van der Waals surface area contributed by atoms with E-state index in [1.807, 2.05) is 0 Å². The molecule has 0 saturated carbocycles. The van der Waals surface area contributed by atoms with Gasteiger partial charge in [-0.1, -0.05) is 157 Å². The molecule has 1 aliphatic heterocycles. The molecule has 2 aliphatic carbocycles. The lowest BCUT2D eigenvalue weighted by atomic mass is 9.74. The van der Waals surface area contributed by atoms with Gasteiger partial charge < -0.3 is 14.4 Å². The van der Waals surface area contributed by atoms with Crippen LogP contribution >= 0.6 is 0 Å². The lowest BCUT2D eigenvalue weighted by Gasteiger charge is -2.36. The van der Waals surface area contributed by atoms with Crippen LogP contribution in [0.1, 0.15) is 74.9 Å². The van der Waals surface area contributed by atoms with Gasteiger partial charge in [0.05, 0.1) is 16.7 Å². The molecule has 0 bridgehead atoms. The van der Waals surface area contributed by atoms with Crippen molar-refractivity contribution >= 4 is 55.9 Å². The Morgan fingerprint density at radius 1 is 0.303 bits per heavy atom. The van der Waals surface area contributed by atoms with Crippen molar-refractivity contribution in [3.05, 3.63) is 234 Å². The first-order chi connectivity index (χ1) is 32.0. The first-order valence-corrected chi connectivity index (χ1v) is 23.4. The topological polar surface area (TPSA) is 11.4 Å². The number of anilines is 6. The third-order valence-electron chi connectivity index (χ3n) is 15.5. The molecule has 0 spiro atoms. The van der Waals surface area contributed by atoms with Gasteiger partial charge in [0.1, 0.15) is 0 Å². The van der Waals surface area contributed by atoms with Crippen molar-refractivity contribution in [1.29, 1.82) is 0 Å². The van der Waals surface area contributed by atoms with E-state index < -0.39 is 0 Å². The second-order valence-corrected chi connectivity index (χ2v) is 20.2. The van der Waals surface area contributed by atoms with Gasteiger partial charge in [0.2, 0.25) is 0 Å². The Kier molecular flexibility index (Phi) is 8.06. The quantitative estimate of drug-likeness (QED) is 0.165. The highest BCUT2D eigenvalue weighted by molar-refractivity contribution is 6.14. The van der Waals surface area contributed by atoms with Crippen LogP contribution in [0.2, 0.25) is 0 Å². The number of fused-ring (bicyclic) bond motifs is 11. The van der Waals surface area contributed by atoms with Gasteiger partial charge in [-0.3, -0.25) is 0 Å². The zero-order valence-electron chi connectivity index (χ0n) is 38.4. The minimum absolute atomic E-state index is 0.118. The van der Waals surface area contributed by atoms with Crippen molar-refractivity contribution < 1.29 is 0 Å². The molecule has 0 N–H and O–H groups in total. The van der Waals surface area contributed by atoms with Crippen molar-refractivity contribution in [1.82, 2.24) is 4.57 Å². The lowest BCUT2D eigenvalue weighted by Crippen LogP contribution is -2.26. The molecule has 9 aromatic carbocycles. The summed E-state index contributed by atoms with van der Waals surface area (Å²) in [4.78, 5) is 4.93. The summed E-state index contributed by atoms with van der Waals surface area (Å²) in [6.07, 6.45) is 0. The third-order valence-corrected chi connectivity index (χ3v) is 15.5. The number of hydrogen-bond donors (Lipinski definition) is 0. The number of hydrogen-bond acceptors (Lipinski definition) is 2. The highest BCUT2D eigenvalue weighted by Gasteiger charge is 2.39. The van der Waals surface area contributed by atoms with E-state index in [0.717, 1.165) is 34.1 Å². The van der Waals surface area contributed by atoms with Crippen LogP contribution in [0.15, 0.2) is 200 Å². The van der Waals surface area contributed by atoms with E-state index in [1.54, 1.807) is 0 Å². The molecule has 3 heteroatoms. The summed E-state index contributed by atoms with van der Waals surface area (Å²) in [5.74, 6) is 0. The second-order valence-electron chi connectivity index (χ2n) is 20.2. The molecular formula is C63H51N3. The predicted molar refractivity (Wildman–Crippen MR) is 277 cm³/mol. The molecule has 318 valence electrons. The smallest absolute Gasteiger partial charge is 0.0583 e. The Labute approximate surface area is 387 Å². The van der Waals surface area contributed by atoms with Crippen molar-refractivity contribution in [3.63, 3.8) is 0 Å². The average molecular weight is 850 g/mol. The first kappa shape index (κ1) is 38.8. The normalized spacial score (nSPS) is 15.2. The fourth-order valence-corrected chi connectivity index (χ4v) is 12.2. The van der Waals surface area contributed by atoms with Crippen LogP contribution in [0.5, 0.6) is 0 Å². The minimum Gasteiger partial charge on any atom is -0.310 e. The molecular weight excluding hydrogens is 799 g/mol. The Bertz CT molecular complexity index is 3630. The fourth-order valence-electron chi connectivity index (χ4n) is 12.2. The zero-order valence-corrected chi connectivity index (χ0v) is 38.4. The number of aromatic nitrogens is 1. The summed E-state index contributed by atoms with van der Waals surface area (Å²) in [5, 5.41) is 2.47. The van der Waals surface area contributed by atoms with Crippen LogP contribution in [0.25, 0.3) is 49.7 Å². The molecule has 13 rings (SSSR count). The maximum Gasteiger partial charge on any atom is 0.0583 e. The highest BCUT2D eigenvalue weighted by Crippen LogP contribution is 2.55. The van der Waals surface area contributed by atoms with E-state index in [9.17, 15) is 0 Å². The first-order valence-electron chi connectivity index (χ1n) is 23.4. The van der Waals surface area contributed by atoms with E-state index in [-0.39, 0.29) is 16.2 Å². The van der Waals surface area contributed by atoms with Gasteiger partial charge in [-0.2, -0.15) is 0 Å². The Morgan fingerprint density at radius 3 is 1.29 bits per heavy atom. The van der Waals surface area contributed by atoms with Crippen molar-refractivity contribution in [3.8, 4) is 27.9 Å². The summed E-state index contributed by atoms with van der Waals surface area (Å²) in [6.45, 7) is 14.3. The maximum absolute atomic E-state index is 2.54. The van der Waals surface area contributed by atoms with Gasteiger partial charge in [-0.05, 0) is 141 Å². The molecule has 2 heterocycles. The van der Waals surface area contributed by atoms with Crippen LogP contribution in [-0.4, -0.2) is 4.57 Å². The monoisotopic (exact) mass is 849 g/mol. The zero-order chi connectivity index (χ0) is 44.7. The van der Waals surface area contributed by atoms with E-state index in [2.05, 4.69) is 256 Å². The largest absolute Gasteiger partial charge is 0.310 e. The maximum atomic E-state index is 2.54. The van der Waals surface area contributed by atoms with Gasteiger partial charge in [0, 0.05) is 61.1 Å². The van der Waals surface area contributed by atoms with Gasteiger partial charge in [-0.15, -0.1) is 0 Å². The molecule has 3 aliphatic rings. The molecule has 0 radical (unpaired) electrons. The summed E-state index contributed by atoms with van der Waals surface area (Å²) < 4.78 is 2.54. The van der Waals surface area contributed by atoms with Crippen LogP contribution in [0, 0.1) is 0 Å². The van der Waals surface area contributed by atoms with Crippen LogP contribution < -0.4 is 9.80 Å². The minimum atomic E-state index is -0.271. The molecule has 0 amide bonds. The van der Waals surface area contributed by atoms with Crippen LogP contribution in [0.4, 0.5) is 34.1 Å². The van der Waals surface area contributed by atoms with E-state index in [1.165, 1.54) is 83.1 Å². The molecule has 0 unspecified atom stereocenters. The Hall–Kier alpha value is -7.62. The Balaban J connectivity index is 1.06. The lowest BCUT2D eigenvalue weighted by molar-refractivity contribution is 0.630. The van der Waals surface area contributed by atoms with Crippen molar-refractivity contribution in [2.75, 3.05) is 9.80 Å². The molecule has 3 nitrogen and oxygen atoms in total. The van der Waals surface area contributed by atoms with Gasteiger partial charge in [-0.25, -0.2) is 0 Å². The number of rotatable bonds is 6. The van der Waals surface area contributed by atoms with Crippen molar-refractivity contribution in [2.45, 2.75) is 57.8 Å². The van der Waals surface area contributed by atoms with Gasteiger partial charge >= 0.3 is 0 Å². The molecule has 1 aromatic heterocycles. The van der Waals surface area contributed by atoms with Crippen molar-refractivity contribution in [2.24, 2.45) is 0 Å². The third kappa shape index (κ3) is 5.31. The van der Waals surface area contributed by atoms with E-state index in [4.69, 9.17) is 0 Å². The van der Waals surface area contributed by atoms with Crippen LogP contribution in [0.3, 0.4) is 0 Å². The average Bonchev–Trinajstić information content (AvgIpc) is 3.88. The predicted octanol–water partition coefficient (Wildman–Crippen LogP) is 17.0. The van der Waals surface area contributed by atoms with Crippen LogP contribution in [-0.2, 0) is 16.2 Å². The van der Waals surface area contributed by atoms with Gasteiger partial charge in [0.15, 0.2) is 0 Å². The molecule has 66 heavy (non-hydrogen) atoms. The molecule has 10 aromatic rings. The fraction of sp³-hybridized carbons (Fsp3) is 0.143. The summed E-state index contributed by atoms with van der Waals surface area (Å²) in [6, 6.07) is 75.0. The summed E-state index contributed by atoms with van der Waals surface area (Å²) in [7, 11) is 0. The SMILES string of the molecule is CC1(C)c2ccccc2-c2ccc(N(c3ccccc3)c3ccc4c(c3)c3cc(N(c5ccccc5)c5ccc6c(c5)C(C)(C)c5ccccc5-6)cc5c3n4-c3ccccc3C5(C)C)cc21. The Morgan fingerprint density at radius 2 is 0.712 bits per heavy atom. The molecule has 0 atom stereocenters. The number of nitrogens with zero attached hydrogens (tertiary/aromatic N) is 3. The summed E-state index contributed by atoms with van der Waals surface area (Å²) in [5.41, 5.74) is 23.5. The highest BCUT2D eigenvalue weighted by atomic mass is 15.2. The number of benzene rings is 9. The number of para-hydroxylation sites is 3. The van der Waals surface area contributed by atoms with E-state index >= 15 is 0 Å². The second kappa shape index (κ2) is 13.7. The van der Waals surface area contributed by atoms with E-state index in [0.29, 0.717) is 0 Å². The van der Waals surface area contributed by atoms with Gasteiger partial charge in [0.25, 0.3) is 0 Å². The standard InChI is InChI=1S/C63H51N3/c1-61(2)52-25-15-13-23-46(52)48-32-29-43(37-55(48)61)64(40-19-9-7-10-20-40)42-31-34-58-50(35-42)51-36-45(39-57-60(51)66(58)59-28-18-17-27-54(59)63(57,5)6)65(41-21-11-8-12-22-41)44-30-33-49-47-24-14-16-26-53(47)62(3,4)56(49)38-44/h7-39H,1-6H3. The summed E-state index contributed by atoms with van der Waals surface area (Å²) >= 11 is 0. The molecule has 0 saturated heterocycles.